The molecular weight excluding hydrogens is 244 g/mol. The lowest BCUT2D eigenvalue weighted by atomic mass is 10.1. The standard InChI is InChI=1S/C13H23N4O2/c1-11-10-17(2,3)14-12(11)13(19)16-6-4-15(5-7-16)8-9-18/h10,18H,4-9H2,1-3H3/q+1. The maximum Gasteiger partial charge on any atom is 0.278 e. The Balaban J connectivity index is 1.98. The molecule has 106 valence electrons. The van der Waals surface area contributed by atoms with Crippen molar-refractivity contribution in [2.24, 2.45) is 5.10 Å². The highest BCUT2D eigenvalue weighted by atomic mass is 16.3. The van der Waals surface area contributed by atoms with Gasteiger partial charge in [0.2, 0.25) is 0 Å². The summed E-state index contributed by atoms with van der Waals surface area (Å²) in [4.78, 5) is 16.5. The highest BCUT2D eigenvalue weighted by Crippen LogP contribution is 2.18. The number of hydrogen-bond acceptors (Lipinski definition) is 4. The van der Waals surface area contributed by atoms with E-state index in [1.807, 2.05) is 32.1 Å². The molecule has 0 saturated carbocycles. The zero-order chi connectivity index (χ0) is 14.0. The van der Waals surface area contributed by atoms with Gasteiger partial charge in [-0.2, -0.15) is 4.59 Å². The van der Waals surface area contributed by atoms with Crippen molar-refractivity contribution in [1.82, 2.24) is 9.80 Å². The molecule has 0 spiro atoms. The lowest BCUT2D eigenvalue weighted by molar-refractivity contribution is -0.843. The van der Waals surface area contributed by atoms with E-state index in [-0.39, 0.29) is 12.5 Å². The van der Waals surface area contributed by atoms with Crippen LogP contribution < -0.4 is 0 Å². The number of aliphatic hydroxyl groups is 1. The van der Waals surface area contributed by atoms with Crippen LogP contribution in [0.5, 0.6) is 0 Å². The van der Waals surface area contributed by atoms with Gasteiger partial charge in [0.25, 0.3) is 5.91 Å². The van der Waals surface area contributed by atoms with Crippen molar-refractivity contribution in [2.75, 3.05) is 53.4 Å². The molecule has 19 heavy (non-hydrogen) atoms. The lowest BCUT2D eigenvalue weighted by Crippen LogP contribution is -2.51. The Kier molecular flexibility index (Phi) is 4.03. The second-order valence-electron chi connectivity index (χ2n) is 5.60. The summed E-state index contributed by atoms with van der Waals surface area (Å²) in [5.74, 6) is 0.0288. The summed E-state index contributed by atoms with van der Waals surface area (Å²) < 4.78 is 0.386. The number of nitrogens with zero attached hydrogens (tertiary/aromatic N) is 4. The highest BCUT2D eigenvalue weighted by Gasteiger charge is 2.33. The zero-order valence-electron chi connectivity index (χ0n) is 12.0. The monoisotopic (exact) mass is 267 g/mol. The maximum atomic E-state index is 12.4. The predicted octanol–water partition coefficient (Wildman–Crippen LogP) is -0.527. The van der Waals surface area contributed by atoms with Gasteiger partial charge >= 0.3 is 0 Å². The van der Waals surface area contributed by atoms with E-state index in [1.54, 1.807) is 0 Å². The molecule has 0 atom stereocenters. The molecule has 1 fully saturated rings. The van der Waals surface area contributed by atoms with E-state index in [2.05, 4.69) is 10.0 Å². The zero-order valence-corrected chi connectivity index (χ0v) is 12.0. The number of β-amino-alcohol motifs (C(OH)–C–C–N with tert-alkyl or cyclic N) is 1. The minimum absolute atomic E-state index is 0.0288. The fourth-order valence-electron chi connectivity index (χ4n) is 2.58. The van der Waals surface area contributed by atoms with Crippen LogP contribution in [0, 0.1) is 0 Å². The molecule has 2 aliphatic rings. The number of carbonyl (C=O) groups is 1. The highest BCUT2D eigenvalue weighted by molar-refractivity contribution is 6.45. The predicted molar refractivity (Wildman–Crippen MR) is 73.4 cm³/mol. The van der Waals surface area contributed by atoms with Crippen LogP contribution in [0.4, 0.5) is 0 Å². The molecule has 0 radical (unpaired) electrons. The quantitative estimate of drug-likeness (QED) is 0.700. The van der Waals surface area contributed by atoms with Crippen LogP contribution in [0.2, 0.25) is 0 Å². The molecule has 0 aromatic carbocycles. The van der Waals surface area contributed by atoms with Gasteiger partial charge < -0.3 is 10.0 Å². The van der Waals surface area contributed by atoms with E-state index in [1.165, 1.54) is 0 Å². The summed E-state index contributed by atoms with van der Waals surface area (Å²) in [6.45, 7) is 5.85. The van der Waals surface area contributed by atoms with E-state index in [0.29, 0.717) is 29.9 Å². The molecule has 2 rings (SSSR count). The average molecular weight is 267 g/mol. The Bertz CT molecular complexity index is 420. The number of carbonyl (C=O) groups excluding carboxylic acids is 1. The first-order valence-corrected chi connectivity index (χ1v) is 6.69. The Morgan fingerprint density at radius 3 is 2.47 bits per heavy atom. The summed E-state index contributed by atoms with van der Waals surface area (Å²) in [6.07, 6.45) is 1.98. The lowest BCUT2D eigenvalue weighted by Gasteiger charge is -2.34. The van der Waals surface area contributed by atoms with Gasteiger partial charge in [-0.3, -0.25) is 9.69 Å². The van der Waals surface area contributed by atoms with Crippen molar-refractivity contribution >= 4 is 11.6 Å². The van der Waals surface area contributed by atoms with Crippen LogP contribution in [0.1, 0.15) is 6.92 Å². The first kappa shape index (κ1) is 14.2. The van der Waals surface area contributed by atoms with Crippen LogP contribution in [0.15, 0.2) is 16.9 Å². The Morgan fingerprint density at radius 1 is 1.37 bits per heavy atom. The topological polar surface area (TPSA) is 56.1 Å². The first-order valence-electron chi connectivity index (χ1n) is 6.69. The van der Waals surface area contributed by atoms with Crippen LogP contribution in [-0.2, 0) is 4.79 Å². The number of aliphatic hydroxyl groups excluding tert-OH is 1. The van der Waals surface area contributed by atoms with E-state index in [9.17, 15) is 4.79 Å². The minimum Gasteiger partial charge on any atom is -0.395 e. The van der Waals surface area contributed by atoms with Crippen molar-refractivity contribution in [3.63, 3.8) is 0 Å². The third-order valence-corrected chi connectivity index (χ3v) is 3.52. The van der Waals surface area contributed by atoms with E-state index in [0.717, 1.165) is 18.7 Å². The van der Waals surface area contributed by atoms with Crippen LogP contribution in [0.3, 0.4) is 0 Å². The van der Waals surface area contributed by atoms with E-state index in [4.69, 9.17) is 5.11 Å². The van der Waals surface area contributed by atoms with Crippen LogP contribution in [0.25, 0.3) is 0 Å². The number of quaternary nitrogens is 1. The van der Waals surface area contributed by atoms with Crippen molar-refractivity contribution in [2.45, 2.75) is 6.92 Å². The van der Waals surface area contributed by atoms with Crippen LogP contribution in [-0.4, -0.2) is 84.5 Å². The Morgan fingerprint density at radius 2 is 2.00 bits per heavy atom. The maximum absolute atomic E-state index is 12.4. The molecule has 0 aliphatic carbocycles. The van der Waals surface area contributed by atoms with Gasteiger partial charge in [0.15, 0.2) is 5.71 Å². The second-order valence-corrected chi connectivity index (χ2v) is 5.60. The summed E-state index contributed by atoms with van der Waals surface area (Å²) >= 11 is 0. The molecular formula is C13H23N4O2+. The first-order chi connectivity index (χ1) is 8.93. The van der Waals surface area contributed by atoms with Gasteiger partial charge in [0.05, 0.1) is 20.7 Å². The van der Waals surface area contributed by atoms with Crippen LogP contribution >= 0.6 is 0 Å². The summed E-state index contributed by atoms with van der Waals surface area (Å²) in [6, 6.07) is 0. The van der Waals surface area contributed by atoms with Crippen molar-refractivity contribution in [3.8, 4) is 0 Å². The molecule has 2 heterocycles. The molecule has 0 bridgehead atoms. The number of rotatable bonds is 3. The summed E-state index contributed by atoms with van der Waals surface area (Å²) in [5, 5.41) is 13.4. The Labute approximate surface area is 114 Å². The van der Waals surface area contributed by atoms with Gasteiger partial charge in [-0.15, -0.1) is 0 Å². The molecule has 0 unspecified atom stereocenters. The third kappa shape index (κ3) is 3.20. The molecule has 6 nitrogen and oxygen atoms in total. The van der Waals surface area contributed by atoms with E-state index >= 15 is 0 Å². The van der Waals surface area contributed by atoms with Gasteiger partial charge in [0, 0.05) is 38.3 Å². The Hall–Kier alpha value is -1.24. The van der Waals surface area contributed by atoms with E-state index < -0.39 is 0 Å². The van der Waals surface area contributed by atoms with Gasteiger partial charge in [-0.05, 0) is 6.92 Å². The number of piperazine rings is 1. The molecule has 1 N–H and O–H groups in total. The molecule has 1 saturated heterocycles. The van der Waals surface area contributed by atoms with Crippen molar-refractivity contribution in [3.05, 3.63) is 11.8 Å². The summed E-state index contributed by atoms with van der Waals surface area (Å²) in [5.41, 5.74) is 1.54. The summed E-state index contributed by atoms with van der Waals surface area (Å²) in [7, 11) is 3.89. The van der Waals surface area contributed by atoms with Gasteiger partial charge in [-0.25, -0.2) is 0 Å². The largest absolute Gasteiger partial charge is 0.395 e. The van der Waals surface area contributed by atoms with Gasteiger partial charge in [-0.1, -0.05) is 5.10 Å². The minimum atomic E-state index is 0.0288. The smallest absolute Gasteiger partial charge is 0.278 e. The fourth-order valence-corrected chi connectivity index (χ4v) is 2.58. The van der Waals surface area contributed by atoms with Crippen molar-refractivity contribution < 1.29 is 14.5 Å². The molecule has 6 heteroatoms. The molecule has 1 amide bonds. The molecule has 2 aliphatic heterocycles. The normalized spacial score (nSPS) is 23.3. The number of amides is 1. The SMILES string of the molecule is CC1=C[N+](C)(C)N=C1C(=O)N1CCN(CCO)CC1. The fraction of sp³-hybridized carbons (Fsp3) is 0.692. The van der Waals surface area contributed by atoms with Gasteiger partial charge in [0.1, 0.15) is 6.20 Å². The second kappa shape index (κ2) is 5.40. The third-order valence-electron chi connectivity index (χ3n) is 3.52. The molecule has 0 aromatic heterocycles. The number of hydrogen-bond donors (Lipinski definition) is 1. The molecule has 0 aromatic rings. The van der Waals surface area contributed by atoms with Crippen molar-refractivity contribution in [1.29, 1.82) is 0 Å². The average Bonchev–Trinajstić information content (AvgIpc) is 2.63.